The fourth-order valence-corrected chi connectivity index (χ4v) is 2.29. The van der Waals surface area contributed by atoms with Gasteiger partial charge in [-0.25, -0.2) is 0 Å². The van der Waals surface area contributed by atoms with Gasteiger partial charge in [0.25, 0.3) is 0 Å². The smallest absolute Gasteiger partial charge is 0.0637 e. The van der Waals surface area contributed by atoms with Crippen molar-refractivity contribution in [1.82, 2.24) is 15.1 Å². The summed E-state index contributed by atoms with van der Waals surface area (Å²) in [7, 11) is 3.78. The predicted octanol–water partition coefficient (Wildman–Crippen LogP) is 2.06. The predicted molar refractivity (Wildman–Crippen MR) is 74.8 cm³/mol. The Morgan fingerprint density at radius 3 is 2.61 bits per heavy atom. The van der Waals surface area contributed by atoms with Crippen molar-refractivity contribution in [1.29, 1.82) is 0 Å². The Morgan fingerprint density at radius 2 is 2.17 bits per heavy atom. The Kier molecular flexibility index (Phi) is 5.35. The van der Waals surface area contributed by atoms with Gasteiger partial charge in [0, 0.05) is 32.3 Å². The van der Waals surface area contributed by atoms with Crippen molar-refractivity contribution in [3.05, 3.63) is 17.5 Å². The van der Waals surface area contributed by atoms with Gasteiger partial charge in [0.2, 0.25) is 0 Å². The molecule has 0 radical (unpaired) electrons. The van der Waals surface area contributed by atoms with Crippen LogP contribution in [0.3, 0.4) is 0 Å². The fraction of sp³-hybridized carbons (Fsp3) is 0.786. The van der Waals surface area contributed by atoms with Crippen LogP contribution in [-0.2, 0) is 18.2 Å². The van der Waals surface area contributed by atoms with Crippen LogP contribution in [0.4, 0.5) is 0 Å². The Morgan fingerprint density at radius 1 is 1.50 bits per heavy atom. The highest BCUT2D eigenvalue weighted by atomic mass is 16.5. The van der Waals surface area contributed by atoms with Crippen molar-refractivity contribution >= 4 is 0 Å². The summed E-state index contributed by atoms with van der Waals surface area (Å²) in [6.45, 7) is 9.41. The van der Waals surface area contributed by atoms with Gasteiger partial charge >= 0.3 is 0 Å². The summed E-state index contributed by atoms with van der Waals surface area (Å²) in [5.74, 6) is 0. The number of aromatic nitrogens is 2. The molecule has 1 aromatic heterocycles. The van der Waals surface area contributed by atoms with Crippen molar-refractivity contribution in [3.63, 3.8) is 0 Å². The SMILES string of the molecule is CCNC(Cc1cc(C)nn1C)CC(C)(C)OC. The molecule has 0 aromatic carbocycles. The fourth-order valence-electron chi connectivity index (χ4n) is 2.29. The van der Waals surface area contributed by atoms with Crippen LogP contribution in [0.5, 0.6) is 0 Å². The molecule has 1 aromatic rings. The van der Waals surface area contributed by atoms with Crippen molar-refractivity contribution in [2.75, 3.05) is 13.7 Å². The minimum Gasteiger partial charge on any atom is -0.379 e. The van der Waals surface area contributed by atoms with E-state index in [4.69, 9.17) is 4.74 Å². The van der Waals surface area contributed by atoms with E-state index in [1.165, 1.54) is 5.69 Å². The average molecular weight is 253 g/mol. The van der Waals surface area contributed by atoms with E-state index in [1.54, 1.807) is 7.11 Å². The molecule has 1 N–H and O–H groups in total. The van der Waals surface area contributed by atoms with Gasteiger partial charge in [0.15, 0.2) is 0 Å². The zero-order valence-electron chi connectivity index (χ0n) is 12.6. The minimum absolute atomic E-state index is 0.0968. The van der Waals surface area contributed by atoms with E-state index >= 15 is 0 Å². The number of hydrogen-bond acceptors (Lipinski definition) is 3. The molecule has 1 heterocycles. The van der Waals surface area contributed by atoms with E-state index in [1.807, 2.05) is 18.7 Å². The van der Waals surface area contributed by atoms with Crippen LogP contribution < -0.4 is 5.32 Å². The van der Waals surface area contributed by atoms with Gasteiger partial charge in [-0.2, -0.15) is 5.10 Å². The van der Waals surface area contributed by atoms with Crippen LogP contribution in [0.1, 0.15) is 38.6 Å². The molecule has 0 saturated heterocycles. The van der Waals surface area contributed by atoms with Crippen molar-refractivity contribution in [3.8, 4) is 0 Å². The number of hydrogen-bond donors (Lipinski definition) is 1. The van der Waals surface area contributed by atoms with Crippen LogP contribution in [0.2, 0.25) is 0 Å². The molecule has 18 heavy (non-hydrogen) atoms. The van der Waals surface area contributed by atoms with E-state index in [0.29, 0.717) is 6.04 Å². The van der Waals surface area contributed by atoms with E-state index in [-0.39, 0.29) is 5.60 Å². The van der Waals surface area contributed by atoms with E-state index in [2.05, 4.69) is 37.3 Å². The summed E-state index contributed by atoms with van der Waals surface area (Å²) in [6, 6.07) is 2.57. The third kappa shape index (κ3) is 4.42. The number of nitrogens with one attached hydrogen (secondary N) is 1. The van der Waals surface area contributed by atoms with Gasteiger partial charge in [-0.3, -0.25) is 4.68 Å². The molecule has 0 aliphatic carbocycles. The molecular formula is C14H27N3O. The summed E-state index contributed by atoms with van der Waals surface area (Å²) >= 11 is 0. The second-order valence-electron chi connectivity index (χ2n) is 5.53. The van der Waals surface area contributed by atoms with Gasteiger partial charge in [-0.15, -0.1) is 0 Å². The van der Waals surface area contributed by atoms with E-state index in [9.17, 15) is 0 Å². The second-order valence-corrected chi connectivity index (χ2v) is 5.53. The highest BCUT2D eigenvalue weighted by Gasteiger charge is 2.23. The monoisotopic (exact) mass is 253 g/mol. The van der Waals surface area contributed by atoms with Crippen LogP contribution >= 0.6 is 0 Å². The summed E-state index contributed by atoms with van der Waals surface area (Å²) < 4.78 is 7.50. The molecule has 0 spiro atoms. The van der Waals surface area contributed by atoms with Gasteiger partial charge in [0.05, 0.1) is 11.3 Å². The summed E-state index contributed by atoms with van der Waals surface area (Å²) in [6.07, 6.45) is 1.97. The van der Waals surface area contributed by atoms with Gasteiger partial charge in [-0.05, 0) is 39.8 Å². The topological polar surface area (TPSA) is 39.1 Å². The van der Waals surface area contributed by atoms with Crippen molar-refractivity contribution in [2.45, 2.75) is 52.2 Å². The molecule has 0 saturated carbocycles. The average Bonchev–Trinajstić information content (AvgIpc) is 2.57. The Balaban J connectivity index is 2.71. The highest BCUT2D eigenvalue weighted by Crippen LogP contribution is 2.18. The lowest BCUT2D eigenvalue weighted by molar-refractivity contribution is 0.00713. The maximum absolute atomic E-state index is 5.53. The van der Waals surface area contributed by atoms with Crippen LogP contribution in [0.25, 0.3) is 0 Å². The Hall–Kier alpha value is -0.870. The minimum atomic E-state index is -0.0968. The highest BCUT2D eigenvalue weighted by molar-refractivity contribution is 5.10. The lowest BCUT2D eigenvalue weighted by Crippen LogP contribution is -2.39. The van der Waals surface area contributed by atoms with Crippen LogP contribution in [0.15, 0.2) is 6.07 Å². The lowest BCUT2D eigenvalue weighted by atomic mass is 9.95. The van der Waals surface area contributed by atoms with Gasteiger partial charge in [-0.1, -0.05) is 6.92 Å². The first kappa shape index (κ1) is 15.2. The number of rotatable bonds is 7. The lowest BCUT2D eigenvalue weighted by Gasteiger charge is -2.29. The van der Waals surface area contributed by atoms with Gasteiger partial charge in [0.1, 0.15) is 0 Å². The Labute approximate surface area is 111 Å². The Bertz CT molecular complexity index is 371. The van der Waals surface area contributed by atoms with Crippen molar-refractivity contribution < 1.29 is 4.74 Å². The van der Waals surface area contributed by atoms with Crippen LogP contribution in [0, 0.1) is 6.92 Å². The van der Waals surface area contributed by atoms with E-state index in [0.717, 1.165) is 25.1 Å². The number of ether oxygens (including phenoxy) is 1. The first-order valence-corrected chi connectivity index (χ1v) is 6.66. The molecule has 0 aliphatic heterocycles. The molecular weight excluding hydrogens is 226 g/mol. The molecule has 0 amide bonds. The second kappa shape index (κ2) is 6.34. The first-order valence-electron chi connectivity index (χ1n) is 6.66. The van der Waals surface area contributed by atoms with Crippen molar-refractivity contribution in [2.24, 2.45) is 7.05 Å². The summed E-state index contributed by atoms with van der Waals surface area (Å²) in [5, 5.41) is 7.94. The quantitative estimate of drug-likeness (QED) is 0.808. The third-order valence-corrected chi connectivity index (χ3v) is 3.34. The number of methoxy groups -OCH3 is 1. The molecule has 4 nitrogen and oxygen atoms in total. The molecule has 104 valence electrons. The maximum Gasteiger partial charge on any atom is 0.0637 e. The molecule has 0 fully saturated rings. The number of aryl methyl sites for hydroxylation is 2. The molecule has 1 rings (SSSR count). The zero-order chi connectivity index (χ0) is 13.8. The maximum atomic E-state index is 5.53. The first-order chi connectivity index (χ1) is 8.38. The normalized spacial score (nSPS) is 13.9. The molecule has 0 aliphatic rings. The largest absolute Gasteiger partial charge is 0.379 e. The zero-order valence-corrected chi connectivity index (χ0v) is 12.6. The van der Waals surface area contributed by atoms with Crippen LogP contribution in [-0.4, -0.2) is 35.1 Å². The standard InChI is InChI=1S/C14H27N3O/c1-7-15-12(10-14(3,4)18-6)9-13-8-11(2)16-17(13)5/h8,12,15H,7,9-10H2,1-6H3. The molecule has 1 atom stereocenters. The van der Waals surface area contributed by atoms with E-state index < -0.39 is 0 Å². The summed E-state index contributed by atoms with van der Waals surface area (Å²) in [5.41, 5.74) is 2.25. The molecule has 0 bridgehead atoms. The van der Waals surface area contributed by atoms with Gasteiger partial charge < -0.3 is 10.1 Å². The number of nitrogens with zero attached hydrogens (tertiary/aromatic N) is 2. The molecule has 1 unspecified atom stereocenters. The summed E-state index contributed by atoms with van der Waals surface area (Å²) in [4.78, 5) is 0. The third-order valence-electron chi connectivity index (χ3n) is 3.34. The molecule has 4 heteroatoms. The number of likely N-dealkylation sites (N-methyl/N-ethyl adjacent to an activating group) is 1.